The topological polar surface area (TPSA) is 120 Å². The predicted octanol–water partition coefficient (Wildman–Crippen LogP) is 6.42. The molecular formula is C29H37N3O6. The molecule has 0 spiro atoms. The molecule has 2 aromatic carbocycles. The number of rotatable bonds is 10. The molecule has 0 amide bonds. The van der Waals surface area contributed by atoms with Crippen LogP contribution in [-0.4, -0.2) is 44.4 Å². The zero-order chi connectivity index (χ0) is 28.3. The lowest BCUT2D eigenvalue weighted by molar-refractivity contribution is -0.143. The maximum Gasteiger partial charge on any atom is 0.435 e. The molecule has 0 aliphatic carbocycles. The van der Waals surface area contributed by atoms with E-state index in [0.717, 1.165) is 47.9 Å². The Morgan fingerprint density at radius 2 is 1.74 bits per heavy atom. The number of carbonyl (C=O) groups excluding carboxylic acids is 2. The number of ether oxygens (including phenoxy) is 2. The quantitative estimate of drug-likeness (QED) is 0.178. The molecule has 3 aromatic rings. The number of aldehydes is 1. The van der Waals surface area contributed by atoms with Crippen LogP contribution >= 0.6 is 0 Å². The molecule has 0 radical (unpaired) electrons. The summed E-state index contributed by atoms with van der Waals surface area (Å²) in [5.41, 5.74) is 1.08. The number of carboxylic acids is 1. The molecule has 2 N–H and O–H groups in total. The van der Waals surface area contributed by atoms with Crippen molar-refractivity contribution in [1.29, 1.82) is 0 Å². The average Bonchev–Trinajstić information content (AvgIpc) is 3.18. The van der Waals surface area contributed by atoms with Crippen LogP contribution in [-0.2, 0) is 20.7 Å². The third-order valence-corrected chi connectivity index (χ3v) is 6.08. The maximum atomic E-state index is 12.9. The molecular weight excluding hydrogens is 486 g/mol. The smallest absolute Gasteiger partial charge is 0.435 e. The van der Waals surface area contributed by atoms with Gasteiger partial charge in [0.25, 0.3) is 0 Å². The van der Waals surface area contributed by atoms with Crippen LogP contribution in [0.15, 0.2) is 30.3 Å². The zero-order valence-corrected chi connectivity index (χ0v) is 23.2. The van der Waals surface area contributed by atoms with Crippen LogP contribution in [0.5, 0.6) is 11.5 Å². The van der Waals surface area contributed by atoms with Crippen molar-refractivity contribution in [2.75, 3.05) is 5.32 Å². The summed E-state index contributed by atoms with van der Waals surface area (Å²) in [6, 6.07) is 8.93. The second-order valence-electron chi connectivity index (χ2n) is 10.8. The van der Waals surface area contributed by atoms with Gasteiger partial charge in [-0.1, -0.05) is 19.8 Å². The second-order valence-corrected chi connectivity index (χ2v) is 10.8. The molecule has 0 saturated heterocycles. The van der Waals surface area contributed by atoms with Crippen molar-refractivity contribution < 1.29 is 29.0 Å². The summed E-state index contributed by atoms with van der Waals surface area (Å²) in [6.45, 7) is 12.6. The van der Waals surface area contributed by atoms with Gasteiger partial charge in [0, 0.05) is 11.1 Å². The zero-order valence-electron chi connectivity index (χ0n) is 23.2. The van der Waals surface area contributed by atoms with E-state index in [1.54, 1.807) is 24.3 Å². The third-order valence-electron chi connectivity index (χ3n) is 6.08. The van der Waals surface area contributed by atoms with Crippen molar-refractivity contribution in [3.63, 3.8) is 0 Å². The van der Waals surface area contributed by atoms with Gasteiger partial charge in [0.05, 0.1) is 11.2 Å². The molecule has 1 aromatic heterocycles. The molecule has 1 unspecified atom stereocenters. The van der Waals surface area contributed by atoms with Gasteiger partial charge >= 0.3 is 12.1 Å². The Morgan fingerprint density at radius 1 is 1.08 bits per heavy atom. The molecule has 0 saturated carbocycles. The van der Waals surface area contributed by atoms with Crippen LogP contribution in [0.25, 0.3) is 10.9 Å². The van der Waals surface area contributed by atoms with Gasteiger partial charge in [-0.05, 0) is 95.8 Å². The van der Waals surface area contributed by atoms with Crippen LogP contribution in [0.3, 0.4) is 0 Å². The van der Waals surface area contributed by atoms with Crippen LogP contribution in [0.1, 0.15) is 70.7 Å². The van der Waals surface area contributed by atoms with E-state index in [0.29, 0.717) is 29.0 Å². The van der Waals surface area contributed by atoms with Crippen molar-refractivity contribution in [1.82, 2.24) is 9.78 Å². The SMILES string of the molecule is CCCCCc1nn(C(=O)OC(C)(C)C)c2ccc(Oc3c(C)cc(NC(C)(C=O)C(=O)O)cc3C)cc12. The molecule has 0 aliphatic rings. The Balaban J connectivity index is 1.97. The molecule has 0 aliphatic heterocycles. The van der Waals surface area contributed by atoms with E-state index in [4.69, 9.17) is 9.47 Å². The van der Waals surface area contributed by atoms with Crippen molar-refractivity contribution in [3.05, 3.63) is 47.2 Å². The third kappa shape index (κ3) is 6.51. The van der Waals surface area contributed by atoms with Crippen molar-refractivity contribution in [2.45, 2.75) is 85.3 Å². The molecule has 0 bridgehead atoms. The second kappa shape index (κ2) is 11.2. The molecule has 9 heteroatoms. The number of fused-ring (bicyclic) bond motifs is 1. The first kappa shape index (κ1) is 28.7. The molecule has 38 heavy (non-hydrogen) atoms. The van der Waals surface area contributed by atoms with E-state index in [2.05, 4.69) is 17.3 Å². The van der Waals surface area contributed by atoms with E-state index in [1.165, 1.54) is 11.6 Å². The highest BCUT2D eigenvalue weighted by Gasteiger charge is 2.33. The molecule has 204 valence electrons. The number of unbranched alkanes of at least 4 members (excludes halogenated alkanes) is 2. The fourth-order valence-electron chi connectivity index (χ4n) is 4.13. The normalized spacial score (nSPS) is 13.1. The predicted molar refractivity (Wildman–Crippen MR) is 146 cm³/mol. The first-order chi connectivity index (χ1) is 17.8. The van der Waals surface area contributed by atoms with Gasteiger partial charge in [-0.15, -0.1) is 0 Å². The number of carboxylic acid groups (broad SMARTS) is 1. The summed E-state index contributed by atoms with van der Waals surface area (Å²) in [5.74, 6) is -0.0728. The highest BCUT2D eigenvalue weighted by Crippen LogP contribution is 2.34. The van der Waals surface area contributed by atoms with E-state index in [-0.39, 0.29) is 0 Å². The first-order valence-electron chi connectivity index (χ1n) is 12.8. The van der Waals surface area contributed by atoms with Crippen LogP contribution < -0.4 is 10.1 Å². The summed E-state index contributed by atoms with van der Waals surface area (Å²) in [4.78, 5) is 35.7. The summed E-state index contributed by atoms with van der Waals surface area (Å²) < 4.78 is 13.1. The van der Waals surface area contributed by atoms with Crippen LogP contribution in [0.2, 0.25) is 0 Å². The molecule has 1 atom stereocenters. The lowest BCUT2D eigenvalue weighted by Crippen LogP contribution is -2.45. The van der Waals surface area contributed by atoms with Crippen molar-refractivity contribution >= 4 is 34.9 Å². The number of carbonyl (C=O) groups is 3. The summed E-state index contributed by atoms with van der Waals surface area (Å²) in [6.07, 6.45) is 3.64. The lowest BCUT2D eigenvalue weighted by atomic mass is 10.0. The fourth-order valence-corrected chi connectivity index (χ4v) is 4.13. The van der Waals surface area contributed by atoms with Gasteiger partial charge in [0.2, 0.25) is 0 Å². The van der Waals surface area contributed by atoms with Crippen LogP contribution in [0.4, 0.5) is 10.5 Å². The van der Waals surface area contributed by atoms with Crippen molar-refractivity contribution in [3.8, 4) is 11.5 Å². The molecule has 0 fully saturated rings. The number of nitrogens with zero attached hydrogens (tertiary/aromatic N) is 2. The molecule has 9 nitrogen and oxygen atoms in total. The van der Waals surface area contributed by atoms with E-state index < -0.39 is 23.2 Å². The minimum Gasteiger partial charge on any atom is -0.479 e. The number of aryl methyl sites for hydroxylation is 3. The number of hydrogen-bond donors (Lipinski definition) is 2. The van der Waals surface area contributed by atoms with E-state index in [1.807, 2.05) is 40.7 Å². The van der Waals surface area contributed by atoms with Gasteiger partial charge in [-0.25, -0.2) is 9.59 Å². The van der Waals surface area contributed by atoms with Gasteiger partial charge in [-0.2, -0.15) is 9.78 Å². The largest absolute Gasteiger partial charge is 0.479 e. The Kier molecular flexibility index (Phi) is 8.49. The van der Waals surface area contributed by atoms with E-state index >= 15 is 0 Å². The Hall–Kier alpha value is -3.88. The molecule has 3 rings (SSSR count). The van der Waals surface area contributed by atoms with E-state index in [9.17, 15) is 19.5 Å². The summed E-state index contributed by atoms with van der Waals surface area (Å²) >= 11 is 0. The number of anilines is 1. The number of benzene rings is 2. The molecule has 1 heterocycles. The Labute approximate surface area is 223 Å². The number of nitrogens with one attached hydrogen (secondary N) is 1. The summed E-state index contributed by atoms with van der Waals surface area (Å²) in [5, 5.41) is 17.6. The summed E-state index contributed by atoms with van der Waals surface area (Å²) in [7, 11) is 0. The van der Waals surface area contributed by atoms with Crippen LogP contribution in [0, 0.1) is 13.8 Å². The van der Waals surface area contributed by atoms with Gasteiger partial charge < -0.3 is 24.7 Å². The Morgan fingerprint density at radius 3 is 2.29 bits per heavy atom. The standard InChI is InChI=1S/C29H37N3O6/c1-8-9-10-11-23-22-16-21(12-13-24(22)32(31-23)27(36)38-28(4,5)6)37-25-18(2)14-20(15-19(25)3)30-29(7,17-33)26(34)35/h12-17,30H,8-11H2,1-7H3,(H,34,35). The maximum absolute atomic E-state index is 12.9. The van der Waals surface area contributed by atoms with Gasteiger partial charge in [-0.3, -0.25) is 0 Å². The minimum absolute atomic E-state index is 0.370. The highest BCUT2D eigenvalue weighted by molar-refractivity contribution is 6.00. The van der Waals surface area contributed by atoms with Gasteiger partial charge in [0.15, 0.2) is 11.8 Å². The van der Waals surface area contributed by atoms with Crippen molar-refractivity contribution in [2.24, 2.45) is 0 Å². The minimum atomic E-state index is -1.74. The highest BCUT2D eigenvalue weighted by atomic mass is 16.6. The monoisotopic (exact) mass is 523 g/mol. The number of aromatic nitrogens is 2. The first-order valence-corrected chi connectivity index (χ1v) is 12.8. The number of aliphatic carboxylic acids is 1. The van der Waals surface area contributed by atoms with Gasteiger partial charge in [0.1, 0.15) is 17.1 Å². The fraction of sp³-hybridized carbons (Fsp3) is 0.448. The Bertz CT molecular complexity index is 1330. The lowest BCUT2D eigenvalue weighted by Gasteiger charge is -2.22. The number of hydrogen-bond acceptors (Lipinski definition) is 7. The average molecular weight is 524 g/mol.